The van der Waals surface area contributed by atoms with Crippen molar-refractivity contribution < 1.29 is 38.2 Å². The van der Waals surface area contributed by atoms with Gasteiger partial charge in [0, 0.05) is 19.3 Å². The van der Waals surface area contributed by atoms with E-state index in [0.717, 1.165) is 64.2 Å². The zero-order valence-electron chi connectivity index (χ0n) is 28.6. The number of allylic oxidation sites excluding steroid dienone is 6. The maximum atomic E-state index is 12.5. The first-order valence-corrected chi connectivity index (χ1v) is 17.1. The molecule has 0 aliphatic heterocycles. The molecular formula is C36H64NO7+. The maximum absolute atomic E-state index is 12.5. The van der Waals surface area contributed by atoms with Crippen LogP contribution in [-0.2, 0) is 28.6 Å². The molecule has 0 aliphatic carbocycles. The summed E-state index contributed by atoms with van der Waals surface area (Å²) in [5.41, 5.74) is 0. The van der Waals surface area contributed by atoms with Crippen LogP contribution in [0.3, 0.4) is 0 Å². The van der Waals surface area contributed by atoms with Gasteiger partial charge in [-0.2, -0.15) is 0 Å². The number of unbranched alkanes of at least 4 members (excludes halogenated alkanes) is 11. The van der Waals surface area contributed by atoms with Gasteiger partial charge in [0.05, 0.1) is 34.4 Å². The molecule has 2 unspecified atom stereocenters. The van der Waals surface area contributed by atoms with Gasteiger partial charge in [0.1, 0.15) is 6.61 Å². The lowest BCUT2D eigenvalue weighted by atomic mass is 10.1. The fourth-order valence-electron chi connectivity index (χ4n) is 4.68. The molecule has 0 aromatic carbocycles. The predicted octanol–water partition coefficient (Wildman–Crippen LogP) is 7.96. The molecule has 8 heteroatoms. The average Bonchev–Trinajstić information content (AvgIpc) is 2.96. The van der Waals surface area contributed by atoms with Crippen LogP contribution in [0.2, 0.25) is 0 Å². The standard InChI is InChI=1S/C36H63NO7/c1-6-8-10-12-14-15-16-17-18-19-21-22-24-26-34(38)43-31-32(30-42-29-28-33(36(40)41)37(3,4)5)44-35(39)27-25-23-20-13-11-9-7-2/h8,10,12,14-16,32-33H,6-7,9,11,13,17-31H2,1-5H3/p+1/b10-8+,14-12+,16-15+. The summed E-state index contributed by atoms with van der Waals surface area (Å²) < 4.78 is 17.1. The van der Waals surface area contributed by atoms with Crippen molar-refractivity contribution in [1.82, 2.24) is 0 Å². The first-order chi connectivity index (χ1) is 21.1. The van der Waals surface area contributed by atoms with Crippen LogP contribution in [0, 0.1) is 0 Å². The second-order valence-electron chi connectivity index (χ2n) is 12.5. The van der Waals surface area contributed by atoms with Crippen LogP contribution in [0.1, 0.15) is 123 Å². The third kappa shape index (κ3) is 26.0. The van der Waals surface area contributed by atoms with Crippen molar-refractivity contribution >= 4 is 17.9 Å². The average molecular weight is 623 g/mol. The number of carbonyl (C=O) groups excluding carboxylic acids is 2. The topological polar surface area (TPSA) is 99.1 Å². The SMILES string of the molecule is CC/C=C/C=C/C=C/CCCCCCCC(=O)OCC(COCCC(C(=O)O)[N+](C)(C)C)OC(=O)CCCCCCCCC. The van der Waals surface area contributed by atoms with Gasteiger partial charge in [-0.25, -0.2) is 4.79 Å². The van der Waals surface area contributed by atoms with E-state index in [4.69, 9.17) is 14.2 Å². The van der Waals surface area contributed by atoms with Crippen LogP contribution in [0.25, 0.3) is 0 Å². The van der Waals surface area contributed by atoms with Gasteiger partial charge in [-0.05, 0) is 32.1 Å². The third-order valence-corrected chi connectivity index (χ3v) is 7.37. The molecule has 0 bridgehead atoms. The van der Waals surface area contributed by atoms with Gasteiger partial charge >= 0.3 is 17.9 Å². The summed E-state index contributed by atoms with van der Waals surface area (Å²) in [5, 5.41) is 9.53. The number of aliphatic carboxylic acids is 1. The zero-order valence-corrected chi connectivity index (χ0v) is 28.6. The molecule has 1 N–H and O–H groups in total. The van der Waals surface area contributed by atoms with E-state index in [1.807, 2.05) is 33.3 Å². The van der Waals surface area contributed by atoms with E-state index >= 15 is 0 Å². The van der Waals surface area contributed by atoms with Crippen molar-refractivity contribution in [3.8, 4) is 0 Å². The number of likely N-dealkylation sites (N-methyl/N-ethyl adjacent to an activating group) is 1. The van der Waals surface area contributed by atoms with Gasteiger partial charge in [-0.1, -0.05) is 108 Å². The number of quaternary nitrogens is 1. The minimum absolute atomic E-state index is 0.0548. The minimum atomic E-state index is -0.881. The Morgan fingerprint density at radius 2 is 1.27 bits per heavy atom. The number of carbonyl (C=O) groups is 3. The molecule has 0 spiro atoms. The Morgan fingerprint density at radius 1 is 0.705 bits per heavy atom. The zero-order chi connectivity index (χ0) is 32.9. The Kier molecular flexibility index (Phi) is 26.5. The van der Waals surface area contributed by atoms with Crippen molar-refractivity contribution in [1.29, 1.82) is 0 Å². The first-order valence-electron chi connectivity index (χ1n) is 17.1. The largest absolute Gasteiger partial charge is 0.477 e. The molecule has 0 radical (unpaired) electrons. The lowest BCUT2D eigenvalue weighted by molar-refractivity contribution is -0.887. The first kappa shape index (κ1) is 41.5. The summed E-state index contributed by atoms with van der Waals surface area (Å²) in [6, 6.07) is -0.613. The Hall–Kier alpha value is -2.45. The van der Waals surface area contributed by atoms with E-state index in [0.29, 0.717) is 19.3 Å². The van der Waals surface area contributed by atoms with Gasteiger partial charge in [-0.3, -0.25) is 9.59 Å². The molecule has 0 aromatic rings. The van der Waals surface area contributed by atoms with Crippen molar-refractivity contribution in [3.63, 3.8) is 0 Å². The number of ether oxygens (including phenoxy) is 3. The number of carboxylic acids is 1. The molecule has 0 heterocycles. The van der Waals surface area contributed by atoms with Crippen LogP contribution in [0.15, 0.2) is 36.5 Å². The van der Waals surface area contributed by atoms with Gasteiger partial charge in [0.15, 0.2) is 12.1 Å². The highest BCUT2D eigenvalue weighted by molar-refractivity contribution is 5.72. The van der Waals surface area contributed by atoms with Crippen LogP contribution >= 0.6 is 0 Å². The van der Waals surface area contributed by atoms with Crippen LogP contribution in [0.5, 0.6) is 0 Å². The highest BCUT2D eigenvalue weighted by Crippen LogP contribution is 2.12. The Balaban J connectivity index is 4.46. The van der Waals surface area contributed by atoms with Gasteiger partial charge < -0.3 is 23.8 Å². The summed E-state index contributed by atoms with van der Waals surface area (Å²) in [6.45, 7) is 4.50. The van der Waals surface area contributed by atoms with E-state index in [9.17, 15) is 19.5 Å². The van der Waals surface area contributed by atoms with Crippen molar-refractivity contribution in [2.75, 3.05) is 41.0 Å². The number of rotatable bonds is 29. The maximum Gasteiger partial charge on any atom is 0.362 e. The molecule has 8 nitrogen and oxygen atoms in total. The van der Waals surface area contributed by atoms with Gasteiger partial charge in [-0.15, -0.1) is 0 Å². The molecule has 0 aromatic heterocycles. The summed E-state index contributed by atoms with van der Waals surface area (Å²) in [5.74, 6) is -1.51. The van der Waals surface area contributed by atoms with E-state index in [1.165, 1.54) is 25.7 Å². The summed E-state index contributed by atoms with van der Waals surface area (Å²) in [7, 11) is 5.49. The molecule has 2 atom stereocenters. The van der Waals surface area contributed by atoms with E-state index in [-0.39, 0.29) is 36.2 Å². The Morgan fingerprint density at radius 3 is 1.86 bits per heavy atom. The molecule has 0 saturated carbocycles. The number of hydrogen-bond donors (Lipinski definition) is 1. The van der Waals surface area contributed by atoms with Gasteiger partial charge in [0.2, 0.25) is 0 Å². The molecule has 0 amide bonds. The van der Waals surface area contributed by atoms with Crippen LogP contribution < -0.4 is 0 Å². The fraction of sp³-hybridized carbons (Fsp3) is 0.750. The normalized spacial score (nSPS) is 13.6. The number of carboxylic acid groups (broad SMARTS) is 1. The summed E-state index contributed by atoms with van der Waals surface area (Å²) in [4.78, 5) is 36.5. The molecule has 44 heavy (non-hydrogen) atoms. The second-order valence-corrected chi connectivity index (χ2v) is 12.5. The lowest BCUT2D eigenvalue weighted by Gasteiger charge is -2.31. The van der Waals surface area contributed by atoms with E-state index in [2.05, 4.69) is 38.2 Å². The van der Waals surface area contributed by atoms with E-state index < -0.39 is 18.1 Å². The lowest BCUT2D eigenvalue weighted by Crippen LogP contribution is -2.50. The smallest absolute Gasteiger partial charge is 0.362 e. The second kappa shape index (κ2) is 28.1. The van der Waals surface area contributed by atoms with Crippen molar-refractivity contribution in [3.05, 3.63) is 36.5 Å². The highest BCUT2D eigenvalue weighted by Gasteiger charge is 2.31. The Bertz CT molecular complexity index is 829. The number of nitrogens with zero attached hydrogens (tertiary/aromatic N) is 1. The Labute approximate surface area is 268 Å². The monoisotopic (exact) mass is 622 g/mol. The van der Waals surface area contributed by atoms with Gasteiger partial charge in [0.25, 0.3) is 0 Å². The molecule has 0 aliphatic rings. The molecule has 254 valence electrons. The predicted molar refractivity (Wildman–Crippen MR) is 178 cm³/mol. The van der Waals surface area contributed by atoms with E-state index in [1.54, 1.807) is 0 Å². The number of hydrogen-bond acceptors (Lipinski definition) is 6. The molecule has 0 fully saturated rings. The fourth-order valence-corrected chi connectivity index (χ4v) is 4.68. The van der Waals surface area contributed by atoms with Crippen LogP contribution in [-0.4, -0.2) is 80.6 Å². The molecule has 0 saturated heterocycles. The molecule has 0 rings (SSSR count). The van der Waals surface area contributed by atoms with Crippen LogP contribution in [0.4, 0.5) is 0 Å². The summed E-state index contributed by atoms with van der Waals surface area (Å²) >= 11 is 0. The summed E-state index contributed by atoms with van der Waals surface area (Å²) in [6.07, 6.45) is 27.7. The third-order valence-electron chi connectivity index (χ3n) is 7.37. The number of esters is 2. The van der Waals surface area contributed by atoms with Crippen molar-refractivity contribution in [2.24, 2.45) is 0 Å². The quantitative estimate of drug-likeness (QED) is 0.0391. The highest BCUT2D eigenvalue weighted by atomic mass is 16.6. The minimum Gasteiger partial charge on any atom is -0.477 e. The molecular weight excluding hydrogens is 558 g/mol. The van der Waals surface area contributed by atoms with Crippen molar-refractivity contribution in [2.45, 2.75) is 135 Å².